The summed E-state index contributed by atoms with van der Waals surface area (Å²) in [4.78, 5) is 12.1. The molecular weight excluding hydrogens is 288 g/mol. The number of carboxylic acids is 1. The van der Waals surface area contributed by atoms with Gasteiger partial charge < -0.3 is 5.11 Å². The van der Waals surface area contributed by atoms with E-state index in [1.807, 2.05) is 24.3 Å². The van der Waals surface area contributed by atoms with Crippen LogP contribution < -0.4 is 0 Å². The first-order valence-corrected chi connectivity index (χ1v) is 6.82. The van der Waals surface area contributed by atoms with Crippen LogP contribution in [0.25, 0.3) is 0 Å². The molecule has 2 nitrogen and oxygen atoms in total. The number of benzene rings is 1. The molecule has 88 valence electrons. The first-order chi connectivity index (χ1) is 7.43. The van der Waals surface area contributed by atoms with Crippen molar-refractivity contribution in [3.63, 3.8) is 0 Å². The van der Waals surface area contributed by atoms with Crippen LogP contribution in [0, 0.1) is 5.41 Å². The van der Waals surface area contributed by atoms with Gasteiger partial charge in [-0.05, 0) is 54.1 Å². The Morgan fingerprint density at radius 2 is 2.06 bits per heavy atom. The van der Waals surface area contributed by atoms with Crippen molar-refractivity contribution in [3.8, 4) is 0 Å². The highest BCUT2D eigenvalue weighted by atomic mass is 79.9. The number of carbonyl (C=O) groups is 1. The van der Waals surface area contributed by atoms with Crippen molar-refractivity contribution >= 4 is 33.7 Å². The van der Waals surface area contributed by atoms with Gasteiger partial charge in [-0.3, -0.25) is 4.79 Å². The highest BCUT2D eigenvalue weighted by Crippen LogP contribution is 2.30. The topological polar surface area (TPSA) is 37.3 Å². The minimum atomic E-state index is -0.736. The molecule has 0 heterocycles. The SMILES string of the molecule is CC(C)(CCSc1ccccc1Br)C(=O)O. The van der Waals surface area contributed by atoms with Gasteiger partial charge in [-0.25, -0.2) is 0 Å². The molecule has 0 unspecified atom stereocenters. The second-order valence-electron chi connectivity index (χ2n) is 4.22. The maximum absolute atomic E-state index is 10.9. The molecular formula is C12H15BrO2S. The smallest absolute Gasteiger partial charge is 0.309 e. The molecule has 0 aromatic heterocycles. The van der Waals surface area contributed by atoms with Crippen LogP contribution in [-0.4, -0.2) is 16.8 Å². The van der Waals surface area contributed by atoms with Crippen LogP contribution >= 0.6 is 27.7 Å². The first kappa shape index (κ1) is 13.6. The van der Waals surface area contributed by atoms with Crippen LogP contribution in [0.4, 0.5) is 0 Å². The summed E-state index contributed by atoms with van der Waals surface area (Å²) in [6.45, 7) is 3.52. The van der Waals surface area contributed by atoms with Crippen molar-refractivity contribution in [1.82, 2.24) is 0 Å². The molecule has 1 N–H and O–H groups in total. The number of thioether (sulfide) groups is 1. The fourth-order valence-corrected chi connectivity index (χ4v) is 2.93. The van der Waals surface area contributed by atoms with Crippen molar-refractivity contribution < 1.29 is 9.90 Å². The lowest BCUT2D eigenvalue weighted by Gasteiger charge is -2.18. The number of carboxylic acid groups (broad SMARTS) is 1. The van der Waals surface area contributed by atoms with Crippen molar-refractivity contribution in [2.75, 3.05) is 5.75 Å². The fourth-order valence-electron chi connectivity index (χ4n) is 1.08. The standard InChI is InChI=1S/C12H15BrO2S/c1-12(2,11(14)15)7-8-16-10-6-4-3-5-9(10)13/h3-6H,7-8H2,1-2H3,(H,14,15). The van der Waals surface area contributed by atoms with Crippen LogP contribution in [0.1, 0.15) is 20.3 Å². The molecule has 0 bridgehead atoms. The van der Waals surface area contributed by atoms with Crippen molar-refractivity contribution in [2.24, 2.45) is 5.41 Å². The van der Waals surface area contributed by atoms with Crippen molar-refractivity contribution in [2.45, 2.75) is 25.2 Å². The molecule has 0 spiro atoms. The third-order valence-corrected chi connectivity index (χ3v) is 4.43. The molecule has 1 rings (SSSR count). The summed E-state index contributed by atoms with van der Waals surface area (Å²) in [6.07, 6.45) is 0.661. The lowest BCUT2D eigenvalue weighted by molar-refractivity contribution is -0.146. The Morgan fingerprint density at radius 1 is 1.44 bits per heavy atom. The van der Waals surface area contributed by atoms with Gasteiger partial charge in [-0.2, -0.15) is 0 Å². The molecule has 1 aromatic carbocycles. The molecule has 0 amide bonds. The van der Waals surface area contributed by atoms with Crippen LogP contribution in [0.15, 0.2) is 33.6 Å². The van der Waals surface area contributed by atoms with Gasteiger partial charge in [0.05, 0.1) is 5.41 Å². The predicted molar refractivity (Wildman–Crippen MR) is 70.9 cm³/mol. The van der Waals surface area contributed by atoms with Crippen LogP contribution in [-0.2, 0) is 4.79 Å². The molecule has 4 heteroatoms. The third-order valence-electron chi connectivity index (χ3n) is 2.40. The van der Waals surface area contributed by atoms with E-state index in [2.05, 4.69) is 15.9 Å². The van der Waals surface area contributed by atoms with E-state index < -0.39 is 11.4 Å². The van der Waals surface area contributed by atoms with E-state index in [9.17, 15) is 4.79 Å². The van der Waals surface area contributed by atoms with E-state index in [0.29, 0.717) is 6.42 Å². The first-order valence-electron chi connectivity index (χ1n) is 5.04. The second-order valence-corrected chi connectivity index (χ2v) is 6.21. The van der Waals surface area contributed by atoms with Crippen LogP contribution in [0.5, 0.6) is 0 Å². The number of rotatable bonds is 5. The summed E-state index contributed by atoms with van der Waals surface area (Å²) in [5.74, 6) is 0.0716. The predicted octanol–water partition coefficient (Wildman–Crippen LogP) is 4.04. The molecule has 1 aromatic rings. The van der Waals surface area contributed by atoms with Crippen molar-refractivity contribution in [3.05, 3.63) is 28.7 Å². The molecule has 0 atom stereocenters. The summed E-state index contributed by atoms with van der Waals surface area (Å²) in [6, 6.07) is 7.97. The lowest BCUT2D eigenvalue weighted by atomic mass is 9.91. The Labute approximate surface area is 109 Å². The van der Waals surface area contributed by atoms with E-state index in [1.165, 1.54) is 0 Å². The molecule has 0 aliphatic carbocycles. The molecule has 0 fully saturated rings. The van der Waals surface area contributed by atoms with Crippen LogP contribution in [0.3, 0.4) is 0 Å². The summed E-state index contributed by atoms with van der Waals surface area (Å²) in [5.41, 5.74) is -0.645. The number of hydrogen-bond acceptors (Lipinski definition) is 2. The molecule has 0 aliphatic rings. The normalized spacial score (nSPS) is 11.4. The summed E-state index contributed by atoms with van der Waals surface area (Å²) < 4.78 is 1.06. The molecule has 0 aliphatic heterocycles. The number of hydrogen-bond donors (Lipinski definition) is 1. The minimum absolute atomic E-state index is 0.645. The lowest BCUT2D eigenvalue weighted by Crippen LogP contribution is -2.24. The van der Waals surface area contributed by atoms with Gasteiger partial charge in [-0.1, -0.05) is 12.1 Å². The number of aliphatic carboxylic acids is 1. The molecule has 0 saturated carbocycles. The van der Waals surface area contributed by atoms with Gasteiger partial charge in [0.15, 0.2) is 0 Å². The van der Waals surface area contributed by atoms with Crippen molar-refractivity contribution in [1.29, 1.82) is 0 Å². The minimum Gasteiger partial charge on any atom is -0.481 e. The Balaban J connectivity index is 2.48. The zero-order valence-corrected chi connectivity index (χ0v) is 11.8. The van der Waals surface area contributed by atoms with Gasteiger partial charge in [0.25, 0.3) is 0 Å². The van der Waals surface area contributed by atoms with Gasteiger partial charge >= 0.3 is 5.97 Å². The highest BCUT2D eigenvalue weighted by Gasteiger charge is 2.26. The van der Waals surface area contributed by atoms with Crippen LogP contribution in [0.2, 0.25) is 0 Å². The average Bonchev–Trinajstić information content (AvgIpc) is 2.20. The monoisotopic (exact) mass is 302 g/mol. The maximum Gasteiger partial charge on any atom is 0.309 e. The Hall–Kier alpha value is -0.480. The van der Waals surface area contributed by atoms with E-state index in [1.54, 1.807) is 25.6 Å². The van der Waals surface area contributed by atoms with E-state index in [4.69, 9.17) is 5.11 Å². The second kappa shape index (κ2) is 5.73. The summed E-state index contributed by atoms with van der Waals surface area (Å²) >= 11 is 5.15. The Morgan fingerprint density at radius 3 is 2.62 bits per heavy atom. The van der Waals surface area contributed by atoms with E-state index >= 15 is 0 Å². The third kappa shape index (κ3) is 3.83. The van der Waals surface area contributed by atoms with Gasteiger partial charge in [0.2, 0.25) is 0 Å². The molecule has 0 saturated heterocycles. The van der Waals surface area contributed by atoms with Gasteiger partial charge in [0, 0.05) is 9.37 Å². The maximum atomic E-state index is 10.9. The fraction of sp³-hybridized carbons (Fsp3) is 0.417. The highest BCUT2D eigenvalue weighted by molar-refractivity contribution is 9.10. The summed E-state index contributed by atoms with van der Waals surface area (Å²) in [5, 5.41) is 8.97. The Bertz CT molecular complexity index is 377. The van der Waals surface area contributed by atoms with Gasteiger partial charge in [-0.15, -0.1) is 11.8 Å². The quantitative estimate of drug-likeness (QED) is 0.834. The number of halogens is 1. The molecule has 0 radical (unpaired) electrons. The Kier molecular flexibility index (Phi) is 4.87. The zero-order valence-electron chi connectivity index (χ0n) is 9.37. The van der Waals surface area contributed by atoms with E-state index in [0.717, 1.165) is 15.1 Å². The summed E-state index contributed by atoms with van der Waals surface area (Å²) in [7, 11) is 0. The van der Waals surface area contributed by atoms with Gasteiger partial charge in [0.1, 0.15) is 0 Å². The zero-order chi connectivity index (χ0) is 12.2. The average molecular weight is 303 g/mol. The largest absolute Gasteiger partial charge is 0.481 e. The van der Waals surface area contributed by atoms with E-state index in [-0.39, 0.29) is 0 Å². The molecule has 16 heavy (non-hydrogen) atoms.